The lowest BCUT2D eigenvalue weighted by molar-refractivity contribution is -0.108. The molecule has 1 heterocycles. The van der Waals surface area contributed by atoms with Crippen LogP contribution in [0.5, 0.6) is 0 Å². The van der Waals surface area contributed by atoms with Crippen LogP contribution in [0.25, 0.3) is 0 Å². The van der Waals surface area contributed by atoms with Crippen molar-refractivity contribution in [3.05, 3.63) is 60.7 Å². The molecule has 0 bridgehead atoms. The summed E-state index contributed by atoms with van der Waals surface area (Å²) in [5.74, 6) is 0. The van der Waals surface area contributed by atoms with Gasteiger partial charge in [0.05, 0.1) is 6.10 Å². The molecule has 2 aromatic rings. The number of carbonyl (C=O) groups excluding carboxylic acids is 1. The zero-order valence-electron chi connectivity index (χ0n) is 16.6. The number of hydrogen-bond donors (Lipinski definition) is 0. The van der Waals surface area contributed by atoms with Crippen molar-refractivity contribution in [3.63, 3.8) is 0 Å². The van der Waals surface area contributed by atoms with Crippen molar-refractivity contribution in [2.24, 2.45) is 0 Å². The van der Waals surface area contributed by atoms with E-state index in [1.54, 1.807) is 0 Å². The number of ether oxygens (including phenoxy) is 1. The Balaban J connectivity index is 1.78. The molecule has 2 aromatic carbocycles. The van der Waals surface area contributed by atoms with Gasteiger partial charge in [0, 0.05) is 6.61 Å². The minimum absolute atomic E-state index is 0.0118. The highest BCUT2D eigenvalue weighted by Gasteiger charge is 2.50. The SMILES string of the molecule is CC(C)(C)[Si](OCCCC[C@@H]1O[C@H]1C=O)(c1ccccc1)c1ccccc1. The Bertz CT molecular complexity index is 685. The van der Waals surface area contributed by atoms with Crippen LogP contribution in [0.3, 0.4) is 0 Å². The Morgan fingerprint density at radius 3 is 1.96 bits per heavy atom. The van der Waals surface area contributed by atoms with E-state index < -0.39 is 8.32 Å². The normalized spacial score (nSPS) is 19.7. The number of benzene rings is 2. The molecule has 0 aliphatic carbocycles. The van der Waals surface area contributed by atoms with E-state index >= 15 is 0 Å². The first kappa shape index (κ1) is 20.0. The van der Waals surface area contributed by atoms with E-state index in [2.05, 4.69) is 81.4 Å². The zero-order chi connectivity index (χ0) is 19.3. The van der Waals surface area contributed by atoms with Crippen molar-refractivity contribution in [1.29, 1.82) is 0 Å². The molecule has 2 atom stereocenters. The predicted molar refractivity (Wildman–Crippen MR) is 112 cm³/mol. The summed E-state index contributed by atoms with van der Waals surface area (Å²) >= 11 is 0. The number of aldehydes is 1. The third-order valence-corrected chi connectivity index (χ3v) is 10.4. The Hall–Kier alpha value is -1.75. The molecule has 0 radical (unpaired) electrons. The molecular formula is C23H30O3Si. The van der Waals surface area contributed by atoms with Crippen molar-refractivity contribution in [2.45, 2.75) is 57.3 Å². The highest BCUT2D eigenvalue weighted by molar-refractivity contribution is 6.99. The van der Waals surface area contributed by atoms with Crippen LogP contribution < -0.4 is 10.4 Å². The first-order valence-electron chi connectivity index (χ1n) is 9.85. The molecule has 1 saturated heterocycles. The third-order valence-electron chi connectivity index (χ3n) is 5.37. The van der Waals surface area contributed by atoms with Gasteiger partial charge in [0.1, 0.15) is 6.10 Å². The van der Waals surface area contributed by atoms with E-state index in [1.807, 2.05) is 0 Å². The molecule has 0 aromatic heterocycles. The Labute approximate surface area is 163 Å². The van der Waals surface area contributed by atoms with Crippen LogP contribution in [0, 0.1) is 0 Å². The average molecular weight is 383 g/mol. The second-order valence-electron chi connectivity index (χ2n) is 8.28. The van der Waals surface area contributed by atoms with Gasteiger partial charge in [0.2, 0.25) is 0 Å². The first-order valence-corrected chi connectivity index (χ1v) is 11.8. The van der Waals surface area contributed by atoms with E-state index in [4.69, 9.17) is 9.16 Å². The average Bonchev–Trinajstić information content (AvgIpc) is 3.44. The summed E-state index contributed by atoms with van der Waals surface area (Å²) in [5.41, 5.74) is 0. The second-order valence-corrected chi connectivity index (χ2v) is 12.6. The van der Waals surface area contributed by atoms with Gasteiger partial charge >= 0.3 is 0 Å². The van der Waals surface area contributed by atoms with Crippen molar-refractivity contribution in [2.75, 3.05) is 6.61 Å². The zero-order valence-corrected chi connectivity index (χ0v) is 17.6. The highest BCUT2D eigenvalue weighted by atomic mass is 28.4. The second kappa shape index (κ2) is 8.51. The molecule has 1 aliphatic heterocycles. The van der Waals surface area contributed by atoms with Crippen LogP contribution >= 0.6 is 0 Å². The van der Waals surface area contributed by atoms with Crippen LogP contribution in [0.2, 0.25) is 5.04 Å². The molecule has 0 unspecified atom stereocenters. The number of unbranched alkanes of at least 4 members (excludes halogenated alkanes) is 1. The van der Waals surface area contributed by atoms with Crippen LogP contribution in [0.1, 0.15) is 40.0 Å². The lowest BCUT2D eigenvalue weighted by atomic mass is 10.2. The van der Waals surface area contributed by atoms with E-state index in [1.165, 1.54) is 10.4 Å². The van der Waals surface area contributed by atoms with Crippen LogP contribution in [-0.2, 0) is 14.0 Å². The molecule has 27 heavy (non-hydrogen) atoms. The van der Waals surface area contributed by atoms with Gasteiger partial charge in [-0.05, 0) is 34.7 Å². The fourth-order valence-electron chi connectivity index (χ4n) is 3.94. The maximum absolute atomic E-state index is 10.7. The summed E-state index contributed by atoms with van der Waals surface area (Å²) < 4.78 is 12.2. The van der Waals surface area contributed by atoms with Gasteiger partial charge in [-0.25, -0.2) is 0 Å². The summed E-state index contributed by atoms with van der Waals surface area (Å²) in [6, 6.07) is 21.4. The topological polar surface area (TPSA) is 38.8 Å². The van der Waals surface area contributed by atoms with E-state index in [-0.39, 0.29) is 17.2 Å². The van der Waals surface area contributed by atoms with Crippen LogP contribution in [-0.4, -0.2) is 33.4 Å². The monoisotopic (exact) mass is 382 g/mol. The van der Waals surface area contributed by atoms with Crippen molar-refractivity contribution in [1.82, 2.24) is 0 Å². The van der Waals surface area contributed by atoms with Gasteiger partial charge in [-0.3, -0.25) is 0 Å². The van der Waals surface area contributed by atoms with Gasteiger partial charge in [-0.1, -0.05) is 81.4 Å². The fourth-order valence-corrected chi connectivity index (χ4v) is 8.55. The molecule has 0 amide bonds. The van der Waals surface area contributed by atoms with E-state index in [0.29, 0.717) is 0 Å². The van der Waals surface area contributed by atoms with E-state index in [0.717, 1.165) is 32.2 Å². The molecular weight excluding hydrogens is 352 g/mol. The molecule has 1 fully saturated rings. The molecule has 144 valence electrons. The summed E-state index contributed by atoms with van der Waals surface area (Å²) in [5, 5.41) is 2.64. The molecule has 0 saturated carbocycles. The van der Waals surface area contributed by atoms with Crippen LogP contribution in [0.4, 0.5) is 0 Å². The summed E-state index contributed by atoms with van der Waals surface area (Å²) in [6.07, 6.45) is 3.82. The quantitative estimate of drug-likeness (QED) is 0.287. The van der Waals surface area contributed by atoms with Crippen molar-refractivity contribution in [3.8, 4) is 0 Å². The minimum atomic E-state index is -2.42. The predicted octanol–water partition coefficient (Wildman–Crippen LogP) is 3.70. The van der Waals surface area contributed by atoms with Gasteiger partial charge in [-0.15, -0.1) is 0 Å². The van der Waals surface area contributed by atoms with Gasteiger partial charge in [0.15, 0.2) is 6.29 Å². The highest BCUT2D eigenvalue weighted by Crippen LogP contribution is 2.37. The summed E-state index contributed by atoms with van der Waals surface area (Å²) in [4.78, 5) is 10.7. The molecule has 3 rings (SSSR count). The van der Waals surface area contributed by atoms with Gasteiger partial charge in [0.25, 0.3) is 8.32 Å². The summed E-state index contributed by atoms with van der Waals surface area (Å²) in [6.45, 7) is 7.62. The van der Waals surface area contributed by atoms with Crippen molar-refractivity contribution < 1.29 is 14.0 Å². The molecule has 0 spiro atoms. The van der Waals surface area contributed by atoms with Crippen molar-refractivity contribution >= 4 is 25.0 Å². The largest absolute Gasteiger partial charge is 0.407 e. The maximum atomic E-state index is 10.7. The summed E-state index contributed by atoms with van der Waals surface area (Å²) in [7, 11) is -2.42. The fraction of sp³-hybridized carbons (Fsp3) is 0.435. The number of carbonyl (C=O) groups is 1. The third kappa shape index (κ3) is 4.40. The Morgan fingerprint density at radius 2 is 1.52 bits per heavy atom. The molecule has 0 N–H and O–H groups in total. The van der Waals surface area contributed by atoms with Crippen LogP contribution in [0.15, 0.2) is 60.7 Å². The number of epoxide rings is 1. The number of hydrogen-bond acceptors (Lipinski definition) is 3. The molecule has 1 aliphatic rings. The molecule has 3 nitrogen and oxygen atoms in total. The standard InChI is InChI=1S/C23H30O3Si/c1-23(2,3)27(19-12-6-4-7-13-19,20-14-8-5-9-15-20)25-17-11-10-16-21-22(18-24)26-21/h4-9,12-15,18,21-22H,10-11,16-17H2,1-3H3/t21-,22-/m0/s1. The van der Waals surface area contributed by atoms with Gasteiger partial charge in [-0.2, -0.15) is 0 Å². The molecule has 4 heteroatoms. The number of rotatable bonds is 9. The smallest absolute Gasteiger partial charge is 0.261 e. The Kier molecular flexibility index (Phi) is 6.30. The minimum Gasteiger partial charge on any atom is -0.407 e. The van der Waals surface area contributed by atoms with E-state index in [9.17, 15) is 4.79 Å². The first-order chi connectivity index (χ1) is 13.0. The Morgan fingerprint density at radius 1 is 0.963 bits per heavy atom. The van der Waals surface area contributed by atoms with Gasteiger partial charge < -0.3 is 14.0 Å². The lowest BCUT2D eigenvalue weighted by Crippen LogP contribution is -2.66. The maximum Gasteiger partial charge on any atom is 0.261 e. The lowest BCUT2D eigenvalue weighted by Gasteiger charge is -2.43.